The molecule has 1 aromatic carbocycles. The Morgan fingerprint density at radius 1 is 1.20 bits per heavy atom. The van der Waals surface area contributed by atoms with Gasteiger partial charge in [0.15, 0.2) is 5.78 Å². The molecular formula is C10H13N3O2. The van der Waals surface area contributed by atoms with Crippen molar-refractivity contribution < 1.29 is 9.59 Å². The third-order valence-corrected chi connectivity index (χ3v) is 1.94. The van der Waals surface area contributed by atoms with Gasteiger partial charge in [-0.2, -0.15) is 0 Å². The number of amides is 1. The third-order valence-electron chi connectivity index (χ3n) is 1.94. The van der Waals surface area contributed by atoms with Crippen LogP contribution in [0.2, 0.25) is 0 Å². The smallest absolute Gasteiger partial charge is 0.221 e. The van der Waals surface area contributed by atoms with Crippen molar-refractivity contribution in [3.05, 3.63) is 17.7 Å². The molecule has 0 atom stereocenters. The van der Waals surface area contributed by atoms with Crippen molar-refractivity contribution >= 4 is 28.8 Å². The first-order valence-corrected chi connectivity index (χ1v) is 4.40. The van der Waals surface area contributed by atoms with Gasteiger partial charge >= 0.3 is 0 Å². The molecule has 5 N–H and O–H groups in total. The fraction of sp³-hybridized carbons (Fsp3) is 0.200. The molecule has 0 heterocycles. The van der Waals surface area contributed by atoms with Crippen LogP contribution in [0.5, 0.6) is 0 Å². The fourth-order valence-electron chi connectivity index (χ4n) is 1.33. The summed E-state index contributed by atoms with van der Waals surface area (Å²) in [7, 11) is 0. The Kier molecular flexibility index (Phi) is 2.94. The second kappa shape index (κ2) is 4.00. The maximum Gasteiger partial charge on any atom is 0.221 e. The Hall–Kier alpha value is -2.04. The molecule has 80 valence electrons. The number of anilines is 3. The molecule has 1 amide bonds. The summed E-state index contributed by atoms with van der Waals surface area (Å²) in [5, 5.41) is 2.52. The van der Waals surface area contributed by atoms with Crippen LogP contribution in [-0.2, 0) is 4.79 Å². The Bertz CT molecular complexity index is 427. The van der Waals surface area contributed by atoms with Crippen molar-refractivity contribution in [2.75, 3.05) is 16.8 Å². The third kappa shape index (κ3) is 2.25. The highest BCUT2D eigenvalue weighted by molar-refractivity contribution is 6.08. The van der Waals surface area contributed by atoms with Crippen LogP contribution < -0.4 is 16.8 Å². The summed E-state index contributed by atoms with van der Waals surface area (Å²) < 4.78 is 0. The van der Waals surface area contributed by atoms with Gasteiger partial charge in [0.2, 0.25) is 5.91 Å². The number of hydrogen-bond acceptors (Lipinski definition) is 4. The lowest BCUT2D eigenvalue weighted by Gasteiger charge is -2.11. The molecule has 0 aromatic heterocycles. The number of carbonyl (C=O) groups excluding carboxylic acids is 2. The molecule has 15 heavy (non-hydrogen) atoms. The Morgan fingerprint density at radius 2 is 1.80 bits per heavy atom. The van der Waals surface area contributed by atoms with Gasteiger partial charge in [0.1, 0.15) is 0 Å². The number of rotatable bonds is 2. The molecular weight excluding hydrogens is 194 g/mol. The highest BCUT2D eigenvalue weighted by Crippen LogP contribution is 2.28. The van der Waals surface area contributed by atoms with Gasteiger partial charge in [0.25, 0.3) is 0 Å². The number of nitrogens with one attached hydrogen (secondary N) is 1. The van der Waals surface area contributed by atoms with Crippen LogP contribution in [-0.4, -0.2) is 11.7 Å². The zero-order chi connectivity index (χ0) is 11.6. The van der Waals surface area contributed by atoms with E-state index in [4.69, 9.17) is 11.5 Å². The van der Waals surface area contributed by atoms with E-state index in [1.165, 1.54) is 13.8 Å². The molecule has 0 aliphatic rings. The number of carbonyl (C=O) groups is 2. The van der Waals surface area contributed by atoms with Crippen LogP contribution in [0, 0.1) is 0 Å². The molecule has 0 saturated carbocycles. The molecule has 0 aliphatic carbocycles. The lowest BCUT2D eigenvalue weighted by molar-refractivity contribution is -0.114. The predicted octanol–water partition coefficient (Wildman–Crippen LogP) is 1.01. The number of hydrogen-bond donors (Lipinski definition) is 3. The standard InChI is InChI=1S/C10H13N3O2/c1-5(14)9-7(11)3-4-8(10(9)12)13-6(2)15/h3-4H,11-12H2,1-2H3,(H,13,15). The van der Waals surface area contributed by atoms with Crippen LogP contribution in [0.3, 0.4) is 0 Å². The maximum atomic E-state index is 11.3. The van der Waals surface area contributed by atoms with Crippen molar-refractivity contribution in [1.29, 1.82) is 0 Å². The number of benzene rings is 1. The van der Waals surface area contributed by atoms with E-state index in [0.717, 1.165) is 0 Å². The van der Waals surface area contributed by atoms with Gasteiger partial charge < -0.3 is 16.8 Å². The molecule has 0 saturated heterocycles. The van der Waals surface area contributed by atoms with Crippen molar-refractivity contribution in [3.63, 3.8) is 0 Å². The quantitative estimate of drug-likeness (QED) is 0.498. The van der Waals surface area contributed by atoms with Crippen molar-refractivity contribution in [1.82, 2.24) is 0 Å². The Balaban J connectivity index is 3.28. The molecule has 0 fully saturated rings. The molecule has 5 heteroatoms. The molecule has 1 rings (SSSR count). The number of nitrogens with two attached hydrogens (primary N) is 2. The number of ketones is 1. The van der Waals surface area contributed by atoms with Crippen molar-refractivity contribution in [3.8, 4) is 0 Å². The van der Waals surface area contributed by atoms with Crippen LogP contribution in [0.4, 0.5) is 17.1 Å². The van der Waals surface area contributed by atoms with Gasteiger partial charge in [-0.05, 0) is 19.1 Å². The minimum atomic E-state index is -0.249. The molecule has 0 aliphatic heterocycles. The average molecular weight is 207 g/mol. The number of Topliss-reactive ketones (excluding diaryl/α,β-unsaturated/α-hetero) is 1. The molecule has 0 unspecified atom stereocenters. The first-order valence-electron chi connectivity index (χ1n) is 4.40. The van der Waals surface area contributed by atoms with Gasteiger partial charge in [-0.3, -0.25) is 9.59 Å². The summed E-state index contributed by atoms with van der Waals surface area (Å²) in [4.78, 5) is 22.1. The molecule has 1 aromatic rings. The van der Waals surface area contributed by atoms with E-state index < -0.39 is 0 Å². The summed E-state index contributed by atoms with van der Waals surface area (Å²) in [6.07, 6.45) is 0. The van der Waals surface area contributed by atoms with E-state index in [2.05, 4.69) is 5.32 Å². The highest BCUT2D eigenvalue weighted by atomic mass is 16.1. The molecule has 5 nitrogen and oxygen atoms in total. The van der Waals surface area contributed by atoms with Gasteiger partial charge in [-0.1, -0.05) is 0 Å². The van der Waals surface area contributed by atoms with Gasteiger partial charge in [0.05, 0.1) is 16.9 Å². The average Bonchev–Trinajstić information content (AvgIpc) is 2.09. The van der Waals surface area contributed by atoms with Crippen molar-refractivity contribution in [2.45, 2.75) is 13.8 Å². The summed E-state index contributed by atoms with van der Waals surface area (Å²) in [6, 6.07) is 3.11. The van der Waals surface area contributed by atoms with E-state index in [1.807, 2.05) is 0 Å². The monoisotopic (exact) mass is 207 g/mol. The lowest BCUT2D eigenvalue weighted by Crippen LogP contribution is -2.12. The van der Waals surface area contributed by atoms with Gasteiger partial charge in [0, 0.05) is 12.6 Å². The Morgan fingerprint density at radius 3 is 2.27 bits per heavy atom. The molecule has 0 spiro atoms. The fourth-order valence-corrected chi connectivity index (χ4v) is 1.33. The largest absolute Gasteiger partial charge is 0.398 e. The molecule has 0 radical (unpaired) electrons. The van der Waals surface area contributed by atoms with Crippen LogP contribution in [0.1, 0.15) is 24.2 Å². The minimum absolute atomic E-state index is 0.206. The zero-order valence-electron chi connectivity index (χ0n) is 8.63. The summed E-state index contributed by atoms with van der Waals surface area (Å²) in [6.45, 7) is 2.74. The van der Waals surface area contributed by atoms with E-state index in [1.54, 1.807) is 12.1 Å². The lowest BCUT2D eigenvalue weighted by atomic mass is 10.1. The minimum Gasteiger partial charge on any atom is -0.398 e. The van der Waals surface area contributed by atoms with E-state index in [-0.39, 0.29) is 22.9 Å². The van der Waals surface area contributed by atoms with Crippen LogP contribution in [0.25, 0.3) is 0 Å². The second-order valence-electron chi connectivity index (χ2n) is 3.23. The van der Waals surface area contributed by atoms with E-state index >= 15 is 0 Å². The first kappa shape index (κ1) is 11.0. The maximum absolute atomic E-state index is 11.3. The van der Waals surface area contributed by atoms with Crippen LogP contribution >= 0.6 is 0 Å². The zero-order valence-corrected chi connectivity index (χ0v) is 8.63. The summed E-state index contributed by atoms with van der Waals surface area (Å²) in [5.74, 6) is -0.474. The van der Waals surface area contributed by atoms with Gasteiger partial charge in [-0.15, -0.1) is 0 Å². The summed E-state index contributed by atoms with van der Waals surface area (Å²) in [5.41, 5.74) is 12.5. The van der Waals surface area contributed by atoms with Crippen molar-refractivity contribution in [2.24, 2.45) is 0 Å². The second-order valence-corrected chi connectivity index (χ2v) is 3.23. The van der Waals surface area contributed by atoms with Gasteiger partial charge in [-0.25, -0.2) is 0 Å². The number of nitrogen functional groups attached to an aromatic ring is 2. The first-order chi connectivity index (χ1) is 6.93. The molecule has 0 bridgehead atoms. The van der Waals surface area contributed by atoms with E-state index in [9.17, 15) is 9.59 Å². The normalized spacial score (nSPS) is 9.73. The highest BCUT2D eigenvalue weighted by Gasteiger charge is 2.13. The topological polar surface area (TPSA) is 98.2 Å². The summed E-state index contributed by atoms with van der Waals surface area (Å²) >= 11 is 0. The van der Waals surface area contributed by atoms with Crippen LogP contribution in [0.15, 0.2) is 12.1 Å². The van der Waals surface area contributed by atoms with E-state index in [0.29, 0.717) is 11.4 Å². The Labute approximate surface area is 87.4 Å². The predicted molar refractivity (Wildman–Crippen MR) is 59.6 cm³/mol. The SMILES string of the molecule is CC(=O)Nc1ccc(N)c(C(C)=O)c1N.